The fourth-order valence-electron chi connectivity index (χ4n) is 3.58. The molecule has 0 atom stereocenters. The molecule has 1 saturated heterocycles. The average molecular weight is 437 g/mol. The normalized spacial score (nSPS) is 15.6. The third kappa shape index (κ3) is 5.06. The summed E-state index contributed by atoms with van der Waals surface area (Å²) in [5.74, 6) is -0.0721. The van der Waals surface area contributed by atoms with E-state index in [0.29, 0.717) is 38.4 Å². The van der Waals surface area contributed by atoms with Gasteiger partial charge in [0.15, 0.2) is 0 Å². The number of rotatable bonds is 8. The van der Waals surface area contributed by atoms with Crippen molar-refractivity contribution in [1.82, 2.24) is 9.21 Å². The number of nitrogens with zero attached hydrogens (tertiary/aromatic N) is 2. The Bertz CT molecular complexity index is 885. The lowest BCUT2D eigenvalue weighted by atomic mass is 10.0. The lowest BCUT2D eigenvalue weighted by Gasteiger charge is -2.34. The lowest BCUT2D eigenvalue weighted by molar-refractivity contribution is 0.0270. The van der Waals surface area contributed by atoms with Crippen molar-refractivity contribution in [3.8, 4) is 0 Å². The first-order valence-corrected chi connectivity index (χ1v) is 12.3. The first-order chi connectivity index (χ1) is 14.0. The van der Waals surface area contributed by atoms with Gasteiger partial charge in [0.2, 0.25) is 10.0 Å². The van der Waals surface area contributed by atoms with Crippen LogP contribution < -0.4 is 0 Å². The average Bonchev–Trinajstić information content (AvgIpc) is 3.26. The Morgan fingerprint density at radius 2 is 1.76 bits per heavy atom. The van der Waals surface area contributed by atoms with E-state index in [0.717, 1.165) is 17.7 Å². The molecule has 0 unspecified atom stereocenters. The van der Waals surface area contributed by atoms with E-state index < -0.39 is 10.0 Å². The minimum Gasteiger partial charge on any atom is -0.381 e. The Kier molecular flexibility index (Phi) is 7.45. The summed E-state index contributed by atoms with van der Waals surface area (Å²) in [5.41, 5.74) is 0.506. The molecule has 3 rings (SSSR count). The van der Waals surface area contributed by atoms with Gasteiger partial charge >= 0.3 is 0 Å². The number of ether oxygens (including phenoxy) is 1. The number of hydrogen-bond donors (Lipinski definition) is 0. The van der Waals surface area contributed by atoms with E-state index in [1.54, 1.807) is 23.5 Å². The van der Waals surface area contributed by atoms with Crippen LogP contribution in [0.15, 0.2) is 46.7 Å². The van der Waals surface area contributed by atoms with E-state index >= 15 is 0 Å². The van der Waals surface area contributed by atoms with Crippen molar-refractivity contribution in [2.75, 3.05) is 26.3 Å². The fraction of sp³-hybridized carbons (Fsp3) is 0.476. The number of thiophene rings is 1. The maximum atomic E-state index is 13.3. The molecule has 158 valence electrons. The van der Waals surface area contributed by atoms with E-state index in [-0.39, 0.29) is 16.8 Å². The molecule has 0 saturated carbocycles. The molecule has 8 heteroatoms. The van der Waals surface area contributed by atoms with Crippen molar-refractivity contribution in [2.45, 2.75) is 44.2 Å². The standard InChI is InChI=1S/C21H28N2O4S2/c1-3-22(4-2)29(25,26)20-9-7-17(8-10-20)21(24)23(16-19-6-5-15-28-19)18-11-13-27-14-12-18/h5-10,15,18H,3-4,11-14,16H2,1-2H3. The summed E-state index contributed by atoms with van der Waals surface area (Å²) in [5, 5.41) is 2.01. The molecule has 1 amide bonds. The predicted molar refractivity (Wildman–Crippen MR) is 115 cm³/mol. The van der Waals surface area contributed by atoms with E-state index in [9.17, 15) is 13.2 Å². The lowest BCUT2D eigenvalue weighted by Crippen LogP contribution is -2.42. The van der Waals surface area contributed by atoms with Gasteiger partial charge in [0.1, 0.15) is 0 Å². The van der Waals surface area contributed by atoms with Crippen LogP contribution in [0, 0.1) is 0 Å². The molecular weight excluding hydrogens is 408 g/mol. The molecule has 0 spiro atoms. The SMILES string of the molecule is CCN(CC)S(=O)(=O)c1ccc(C(=O)N(Cc2cccs2)C2CCOCC2)cc1. The van der Waals surface area contributed by atoms with Gasteiger partial charge in [-0.3, -0.25) is 4.79 Å². The van der Waals surface area contributed by atoms with Crippen LogP contribution >= 0.6 is 11.3 Å². The Hall–Kier alpha value is -1.74. The molecule has 0 bridgehead atoms. The van der Waals surface area contributed by atoms with Gasteiger partial charge in [-0.15, -0.1) is 11.3 Å². The van der Waals surface area contributed by atoms with Crippen molar-refractivity contribution >= 4 is 27.3 Å². The summed E-state index contributed by atoms with van der Waals surface area (Å²) >= 11 is 1.63. The topological polar surface area (TPSA) is 66.9 Å². The number of carbonyl (C=O) groups is 1. The maximum absolute atomic E-state index is 13.3. The second-order valence-corrected chi connectivity index (χ2v) is 9.94. The largest absolute Gasteiger partial charge is 0.381 e. The zero-order valence-electron chi connectivity index (χ0n) is 16.9. The van der Waals surface area contributed by atoms with Gasteiger partial charge in [-0.2, -0.15) is 4.31 Å². The molecule has 0 N–H and O–H groups in total. The second-order valence-electron chi connectivity index (χ2n) is 6.97. The molecule has 29 heavy (non-hydrogen) atoms. The Morgan fingerprint density at radius 3 is 2.31 bits per heavy atom. The minimum absolute atomic E-state index is 0.0721. The van der Waals surface area contributed by atoms with Crippen LogP contribution in [0.4, 0.5) is 0 Å². The molecule has 0 aliphatic carbocycles. The van der Waals surface area contributed by atoms with Crippen LogP contribution in [0.1, 0.15) is 41.9 Å². The minimum atomic E-state index is -3.53. The van der Waals surface area contributed by atoms with Crippen molar-refractivity contribution in [3.05, 3.63) is 52.2 Å². The molecule has 1 fully saturated rings. The summed E-state index contributed by atoms with van der Waals surface area (Å²) in [4.78, 5) is 16.6. The summed E-state index contributed by atoms with van der Waals surface area (Å²) in [6, 6.07) is 10.5. The molecule has 0 radical (unpaired) electrons. The molecule has 6 nitrogen and oxygen atoms in total. The quantitative estimate of drug-likeness (QED) is 0.634. The van der Waals surface area contributed by atoms with Crippen LogP contribution in [0.2, 0.25) is 0 Å². The molecule has 1 aliphatic rings. The summed E-state index contributed by atoms with van der Waals surface area (Å²) in [6.45, 7) is 6.32. The van der Waals surface area contributed by atoms with Crippen molar-refractivity contribution in [1.29, 1.82) is 0 Å². The van der Waals surface area contributed by atoms with Crippen molar-refractivity contribution in [2.24, 2.45) is 0 Å². The number of sulfonamides is 1. The zero-order valence-corrected chi connectivity index (χ0v) is 18.5. The van der Waals surface area contributed by atoms with Gasteiger partial charge in [0, 0.05) is 42.8 Å². The first kappa shape index (κ1) is 22.0. The van der Waals surface area contributed by atoms with Gasteiger partial charge in [0.25, 0.3) is 5.91 Å². The fourth-order valence-corrected chi connectivity index (χ4v) is 5.74. The van der Waals surface area contributed by atoms with E-state index in [2.05, 4.69) is 0 Å². The predicted octanol–water partition coefficient (Wildman–Crippen LogP) is 3.60. The smallest absolute Gasteiger partial charge is 0.254 e. The monoisotopic (exact) mass is 436 g/mol. The molecule has 1 aromatic carbocycles. The highest BCUT2D eigenvalue weighted by atomic mass is 32.2. The summed E-state index contributed by atoms with van der Waals surface area (Å²) < 4.78 is 32.2. The maximum Gasteiger partial charge on any atom is 0.254 e. The van der Waals surface area contributed by atoms with Gasteiger partial charge in [-0.05, 0) is 48.6 Å². The number of amides is 1. The second kappa shape index (κ2) is 9.84. The Morgan fingerprint density at radius 1 is 1.10 bits per heavy atom. The van der Waals surface area contributed by atoms with Gasteiger partial charge < -0.3 is 9.64 Å². The zero-order chi connectivity index (χ0) is 20.9. The highest BCUT2D eigenvalue weighted by Crippen LogP contribution is 2.23. The van der Waals surface area contributed by atoms with Crippen molar-refractivity contribution in [3.63, 3.8) is 0 Å². The molecular formula is C21H28N2O4S2. The van der Waals surface area contributed by atoms with Crippen molar-refractivity contribution < 1.29 is 17.9 Å². The summed E-state index contributed by atoms with van der Waals surface area (Å²) in [7, 11) is -3.53. The number of hydrogen-bond acceptors (Lipinski definition) is 5. The van der Waals surface area contributed by atoms with Gasteiger partial charge in [0.05, 0.1) is 11.4 Å². The first-order valence-electron chi connectivity index (χ1n) is 9.98. The van der Waals surface area contributed by atoms with Crippen LogP contribution in [0.5, 0.6) is 0 Å². The molecule has 1 aromatic heterocycles. The van der Waals surface area contributed by atoms with E-state index in [1.807, 2.05) is 36.3 Å². The van der Waals surface area contributed by atoms with E-state index in [1.165, 1.54) is 16.4 Å². The van der Waals surface area contributed by atoms with Crippen LogP contribution in [0.25, 0.3) is 0 Å². The summed E-state index contributed by atoms with van der Waals surface area (Å²) in [6.07, 6.45) is 1.62. The van der Waals surface area contributed by atoms with Gasteiger partial charge in [-0.1, -0.05) is 19.9 Å². The highest BCUT2D eigenvalue weighted by Gasteiger charge is 2.28. The third-order valence-corrected chi connectivity index (χ3v) is 8.17. The number of benzene rings is 1. The van der Waals surface area contributed by atoms with Crippen LogP contribution in [-0.2, 0) is 21.3 Å². The highest BCUT2D eigenvalue weighted by molar-refractivity contribution is 7.89. The van der Waals surface area contributed by atoms with E-state index in [4.69, 9.17) is 4.74 Å². The Balaban J connectivity index is 1.83. The van der Waals surface area contributed by atoms with Crippen LogP contribution in [0.3, 0.4) is 0 Å². The molecule has 2 heterocycles. The Labute approximate surface area is 177 Å². The molecule has 1 aliphatic heterocycles. The third-order valence-electron chi connectivity index (χ3n) is 5.24. The molecule has 2 aromatic rings. The number of carbonyl (C=O) groups excluding carboxylic acids is 1. The van der Waals surface area contributed by atoms with Crippen LogP contribution in [-0.4, -0.2) is 55.9 Å². The van der Waals surface area contributed by atoms with Gasteiger partial charge in [-0.25, -0.2) is 8.42 Å².